The van der Waals surface area contributed by atoms with Crippen molar-refractivity contribution in [3.8, 4) is 0 Å². The molecule has 0 N–H and O–H groups in total. The first-order valence-corrected chi connectivity index (χ1v) is 6.08. The van der Waals surface area contributed by atoms with Crippen molar-refractivity contribution in [2.24, 2.45) is 0 Å². The maximum Gasteiger partial charge on any atom is 0.253 e. The number of benzene rings is 1. The Morgan fingerprint density at radius 3 is 2.75 bits per heavy atom. The summed E-state index contributed by atoms with van der Waals surface area (Å²) in [6.07, 6.45) is 0.868. The molecule has 1 aromatic carbocycles. The van der Waals surface area contributed by atoms with Gasteiger partial charge in [0.25, 0.3) is 5.91 Å². The number of amides is 1. The second-order valence-electron chi connectivity index (χ2n) is 4.15. The maximum absolute atomic E-state index is 12.1. The lowest BCUT2D eigenvalue weighted by molar-refractivity contribution is 0.0793. The average molecular weight is 258 g/mol. The van der Waals surface area contributed by atoms with Gasteiger partial charge in [0.05, 0.1) is 5.38 Å². The largest absolute Gasteiger partial charge is 0.337 e. The first-order valence-electron chi connectivity index (χ1n) is 5.27. The third-order valence-corrected chi connectivity index (χ3v) is 3.28. The van der Waals surface area contributed by atoms with E-state index in [9.17, 15) is 4.79 Å². The van der Waals surface area contributed by atoms with Crippen LogP contribution in [-0.4, -0.2) is 29.3 Å². The highest BCUT2D eigenvalue weighted by Gasteiger charge is 2.25. The number of rotatable bonds is 1. The Labute approximate surface area is 105 Å². The van der Waals surface area contributed by atoms with Gasteiger partial charge in [-0.1, -0.05) is 11.6 Å². The summed E-state index contributed by atoms with van der Waals surface area (Å²) in [7, 11) is 0. The van der Waals surface area contributed by atoms with Crippen LogP contribution in [0.25, 0.3) is 0 Å². The second-order valence-corrected chi connectivity index (χ2v) is 5.21. The predicted octanol–water partition coefficient (Wildman–Crippen LogP) is 3.10. The Morgan fingerprint density at radius 2 is 2.19 bits per heavy atom. The van der Waals surface area contributed by atoms with E-state index >= 15 is 0 Å². The second kappa shape index (κ2) is 4.64. The highest BCUT2D eigenvalue weighted by atomic mass is 35.5. The molecule has 86 valence electrons. The van der Waals surface area contributed by atoms with Crippen molar-refractivity contribution in [3.05, 3.63) is 34.3 Å². The van der Waals surface area contributed by atoms with E-state index in [-0.39, 0.29) is 11.3 Å². The van der Waals surface area contributed by atoms with E-state index in [1.165, 1.54) is 0 Å². The van der Waals surface area contributed by atoms with Crippen molar-refractivity contribution < 1.29 is 4.79 Å². The zero-order valence-electron chi connectivity index (χ0n) is 9.04. The molecule has 0 spiro atoms. The van der Waals surface area contributed by atoms with Crippen LogP contribution in [-0.2, 0) is 0 Å². The summed E-state index contributed by atoms with van der Waals surface area (Å²) in [4.78, 5) is 13.9. The SMILES string of the molecule is Cc1cc(Cl)cc(C(=O)N2CCC(Cl)C2)c1. The number of hydrogen-bond donors (Lipinski definition) is 0. The molecule has 2 nitrogen and oxygen atoms in total. The summed E-state index contributed by atoms with van der Waals surface area (Å²) in [5.74, 6) is 0.0220. The first-order chi connectivity index (χ1) is 7.56. The van der Waals surface area contributed by atoms with Gasteiger partial charge in [-0.3, -0.25) is 4.79 Å². The van der Waals surface area contributed by atoms with Crippen molar-refractivity contribution in [1.29, 1.82) is 0 Å². The Kier molecular flexibility index (Phi) is 3.41. The first kappa shape index (κ1) is 11.7. The molecule has 0 radical (unpaired) electrons. The van der Waals surface area contributed by atoms with E-state index in [0.29, 0.717) is 17.1 Å². The normalized spacial score (nSPS) is 20.2. The highest BCUT2D eigenvalue weighted by molar-refractivity contribution is 6.31. The third kappa shape index (κ3) is 2.50. The van der Waals surface area contributed by atoms with E-state index in [1.807, 2.05) is 19.1 Å². The van der Waals surface area contributed by atoms with Gasteiger partial charge < -0.3 is 4.90 Å². The minimum absolute atomic E-state index is 0.0220. The molecule has 1 fully saturated rings. The molecule has 4 heteroatoms. The Hall–Kier alpha value is -0.730. The molecule has 16 heavy (non-hydrogen) atoms. The van der Waals surface area contributed by atoms with Crippen LogP contribution in [0.15, 0.2) is 18.2 Å². The fourth-order valence-electron chi connectivity index (χ4n) is 1.94. The number of carbonyl (C=O) groups is 1. The van der Waals surface area contributed by atoms with E-state index in [1.54, 1.807) is 11.0 Å². The van der Waals surface area contributed by atoms with Gasteiger partial charge in [0, 0.05) is 23.7 Å². The zero-order chi connectivity index (χ0) is 11.7. The minimum atomic E-state index is 0.0220. The lowest BCUT2D eigenvalue weighted by Gasteiger charge is -2.15. The van der Waals surface area contributed by atoms with Gasteiger partial charge in [-0.05, 0) is 37.1 Å². The van der Waals surface area contributed by atoms with Crippen LogP contribution in [0, 0.1) is 6.92 Å². The van der Waals surface area contributed by atoms with Gasteiger partial charge in [-0.2, -0.15) is 0 Å². The molecule has 1 aromatic rings. The van der Waals surface area contributed by atoms with Crippen LogP contribution in [0.3, 0.4) is 0 Å². The Bertz CT molecular complexity index is 399. The van der Waals surface area contributed by atoms with E-state index in [2.05, 4.69) is 0 Å². The molecule has 1 saturated heterocycles. The molecule has 0 bridgehead atoms. The number of hydrogen-bond acceptors (Lipinski definition) is 1. The minimum Gasteiger partial charge on any atom is -0.337 e. The summed E-state index contributed by atoms with van der Waals surface area (Å²) < 4.78 is 0. The van der Waals surface area contributed by atoms with Crippen LogP contribution in [0.2, 0.25) is 5.02 Å². The molecular formula is C12H13Cl2NO. The van der Waals surface area contributed by atoms with Crippen molar-refractivity contribution in [3.63, 3.8) is 0 Å². The molecule has 1 heterocycles. The van der Waals surface area contributed by atoms with Gasteiger partial charge in [0.1, 0.15) is 0 Å². The third-order valence-electron chi connectivity index (χ3n) is 2.71. The number of likely N-dealkylation sites (tertiary alicyclic amines) is 1. The molecule has 1 aliphatic heterocycles. The van der Waals surface area contributed by atoms with Crippen LogP contribution >= 0.6 is 23.2 Å². The van der Waals surface area contributed by atoms with Crippen molar-refractivity contribution >= 4 is 29.1 Å². The Morgan fingerprint density at radius 1 is 1.44 bits per heavy atom. The summed E-state index contributed by atoms with van der Waals surface area (Å²) in [6.45, 7) is 3.29. The molecular weight excluding hydrogens is 245 g/mol. The molecule has 1 amide bonds. The van der Waals surface area contributed by atoms with Gasteiger partial charge in [-0.15, -0.1) is 11.6 Å². The van der Waals surface area contributed by atoms with E-state index in [0.717, 1.165) is 18.5 Å². The molecule has 0 saturated carbocycles. The van der Waals surface area contributed by atoms with Crippen molar-refractivity contribution in [1.82, 2.24) is 4.90 Å². The number of nitrogens with zero attached hydrogens (tertiary/aromatic N) is 1. The lowest BCUT2D eigenvalue weighted by atomic mass is 10.1. The fraction of sp³-hybridized carbons (Fsp3) is 0.417. The summed E-state index contributed by atoms with van der Waals surface area (Å²) in [6, 6.07) is 5.40. The van der Waals surface area contributed by atoms with Crippen molar-refractivity contribution in [2.45, 2.75) is 18.7 Å². The molecule has 2 rings (SSSR count). The molecule has 0 aromatic heterocycles. The van der Waals surface area contributed by atoms with Gasteiger partial charge in [0.2, 0.25) is 0 Å². The van der Waals surface area contributed by atoms with Crippen LogP contribution < -0.4 is 0 Å². The van der Waals surface area contributed by atoms with E-state index in [4.69, 9.17) is 23.2 Å². The van der Waals surface area contributed by atoms with E-state index < -0.39 is 0 Å². The topological polar surface area (TPSA) is 20.3 Å². The average Bonchev–Trinajstić information content (AvgIpc) is 2.62. The standard InChI is InChI=1S/C12H13Cl2NO/c1-8-4-9(6-11(14)5-8)12(16)15-3-2-10(13)7-15/h4-6,10H,2-3,7H2,1H3. The quantitative estimate of drug-likeness (QED) is 0.709. The maximum atomic E-state index is 12.1. The van der Waals surface area contributed by atoms with Gasteiger partial charge in [0.15, 0.2) is 0 Å². The molecule has 0 aliphatic carbocycles. The zero-order valence-corrected chi connectivity index (χ0v) is 10.6. The van der Waals surface area contributed by atoms with Gasteiger partial charge in [-0.25, -0.2) is 0 Å². The number of aryl methyl sites for hydroxylation is 1. The highest BCUT2D eigenvalue weighted by Crippen LogP contribution is 2.20. The molecule has 1 unspecified atom stereocenters. The summed E-state index contributed by atoms with van der Waals surface area (Å²) in [5.41, 5.74) is 1.65. The van der Waals surface area contributed by atoms with Crippen molar-refractivity contribution in [2.75, 3.05) is 13.1 Å². The monoisotopic (exact) mass is 257 g/mol. The number of halogens is 2. The number of carbonyl (C=O) groups excluding carboxylic acids is 1. The molecule has 1 aliphatic rings. The fourth-order valence-corrected chi connectivity index (χ4v) is 2.50. The Balaban J connectivity index is 2.20. The smallest absolute Gasteiger partial charge is 0.253 e. The van der Waals surface area contributed by atoms with Gasteiger partial charge >= 0.3 is 0 Å². The van der Waals surface area contributed by atoms with Crippen LogP contribution in [0.1, 0.15) is 22.3 Å². The molecule has 1 atom stereocenters. The number of alkyl halides is 1. The predicted molar refractivity (Wildman–Crippen MR) is 66.4 cm³/mol. The van der Waals surface area contributed by atoms with Crippen LogP contribution in [0.4, 0.5) is 0 Å². The lowest BCUT2D eigenvalue weighted by Crippen LogP contribution is -2.28. The summed E-state index contributed by atoms with van der Waals surface area (Å²) in [5, 5.41) is 0.689. The summed E-state index contributed by atoms with van der Waals surface area (Å²) >= 11 is 11.9. The van der Waals surface area contributed by atoms with Crippen LogP contribution in [0.5, 0.6) is 0 Å².